The zero-order valence-electron chi connectivity index (χ0n) is 28.6. The topological polar surface area (TPSA) is 47.0 Å². The summed E-state index contributed by atoms with van der Waals surface area (Å²) in [5.41, 5.74) is 8.45. The highest BCUT2D eigenvalue weighted by atomic mass is 16.5. The molecular weight excluding hydrogens is 623 g/mol. The molecule has 7 aromatic rings. The zero-order valence-corrected chi connectivity index (χ0v) is 28.6. The largest absolute Gasteiger partial charge is 0.464 e. The smallest absolute Gasteiger partial charge is 0.196 e. The Kier molecular flexibility index (Phi) is 6.75. The van der Waals surface area contributed by atoms with Crippen molar-refractivity contribution < 1.29 is 4.74 Å². The molecule has 0 spiro atoms. The van der Waals surface area contributed by atoms with E-state index in [-0.39, 0.29) is 29.4 Å². The molecule has 2 heterocycles. The molecule has 0 radical (unpaired) electrons. The standard InChI is InChI=1S/C47H37N3O/c1-29-38(24-25-47(2)39(29)22-20-32-21-23-40-44(43(32)47)51-46(50-40)33-12-4-3-5-13-33)45-48-41(36-18-16-30-10-6-8-14-34(30)26-36)28-42(49-45)37-19-17-31-11-7-9-15-35(31)27-37/h3-29,38-39,46,50H,1-2H3. The first-order valence-corrected chi connectivity index (χ1v) is 17.9. The summed E-state index contributed by atoms with van der Waals surface area (Å²) in [6.45, 7) is 4.73. The van der Waals surface area contributed by atoms with Gasteiger partial charge in [-0.05, 0) is 63.2 Å². The molecule has 0 bridgehead atoms. The van der Waals surface area contributed by atoms with E-state index in [2.05, 4.69) is 171 Å². The van der Waals surface area contributed by atoms with Gasteiger partial charge in [0.2, 0.25) is 0 Å². The average molecular weight is 660 g/mol. The molecule has 1 aromatic heterocycles. The van der Waals surface area contributed by atoms with Crippen molar-refractivity contribution in [1.29, 1.82) is 0 Å². The summed E-state index contributed by atoms with van der Waals surface area (Å²) in [4.78, 5) is 10.7. The predicted molar refractivity (Wildman–Crippen MR) is 209 cm³/mol. The molecular formula is C47H37N3O. The van der Waals surface area contributed by atoms with E-state index in [0.717, 1.165) is 45.3 Å². The molecule has 5 unspecified atom stereocenters. The van der Waals surface area contributed by atoms with Gasteiger partial charge in [0.15, 0.2) is 12.0 Å². The Hall–Kier alpha value is -6.00. The van der Waals surface area contributed by atoms with Crippen LogP contribution in [0.1, 0.15) is 48.5 Å². The first kappa shape index (κ1) is 29.9. The Balaban J connectivity index is 1.08. The Morgan fingerprint density at radius 2 is 1.27 bits per heavy atom. The van der Waals surface area contributed by atoms with Crippen molar-refractivity contribution in [2.75, 3.05) is 5.32 Å². The van der Waals surface area contributed by atoms with E-state index in [0.29, 0.717) is 0 Å². The van der Waals surface area contributed by atoms with Crippen LogP contribution in [0.25, 0.3) is 50.1 Å². The van der Waals surface area contributed by atoms with Crippen LogP contribution >= 0.6 is 0 Å². The van der Waals surface area contributed by atoms with Gasteiger partial charge in [0.25, 0.3) is 0 Å². The van der Waals surface area contributed by atoms with Gasteiger partial charge >= 0.3 is 0 Å². The summed E-state index contributed by atoms with van der Waals surface area (Å²) in [5, 5.41) is 8.48. The van der Waals surface area contributed by atoms with Gasteiger partial charge in [0.1, 0.15) is 5.82 Å². The Bertz CT molecular complexity index is 2460. The molecule has 3 aliphatic rings. The number of fused-ring (bicyclic) bond motifs is 7. The van der Waals surface area contributed by atoms with Crippen LogP contribution in [0.15, 0.2) is 152 Å². The molecule has 0 amide bonds. The second-order valence-electron chi connectivity index (χ2n) is 14.5. The SMILES string of the molecule is CC1C(c2nc(-c3ccc4ccccc4c3)cc(-c3ccc4ccccc4c3)n2)C=CC2(C)c3c(ccc4c3OC(c3ccccc3)N4)C=CC12. The van der Waals surface area contributed by atoms with Crippen LogP contribution in [-0.2, 0) is 5.41 Å². The van der Waals surface area contributed by atoms with E-state index in [1.165, 1.54) is 32.7 Å². The minimum Gasteiger partial charge on any atom is -0.464 e. The number of anilines is 1. The van der Waals surface area contributed by atoms with Crippen molar-refractivity contribution in [3.05, 3.63) is 174 Å². The number of nitrogens with zero attached hydrogens (tertiary/aromatic N) is 2. The average Bonchev–Trinajstić information content (AvgIpc) is 3.62. The fourth-order valence-electron chi connectivity index (χ4n) is 8.72. The van der Waals surface area contributed by atoms with Crippen molar-refractivity contribution in [2.24, 2.45) is 11.8 Å². The molecule has 4 heteroatoms. The second kappa shape index (κ2) is 11.5. The highest BCUT2D eigenvalue weighted by molar-refractivity contribution is 5.89. The lowest BCUT2D eigenvalue weighted by molar-refractivity contribution is 0.234. The van der Waals surface area contributed by atoms with Crippen molar-refractivity contribution in [3.8, 4) is 28.3 Å². The van der Waals surface area contributed by atoms with Crippen LogP contribution in [0.4, 0.5) is 5.69 Å². The minimum atomic E-state index is -0.254. The van der Waals surface area contributed by atoms with Gasteiger partial charge < -0.3 is 10.1 Å². The molecule has 6 aromatic carbocycles. The summed E-state index contributed by atoms with van der Waals surface area (Å²) < 4.78 is 6.74. The molecule has 1 aliphatic heterocycles. The minimum absolute atomic E-state index is 0.0294. The summed E-state index contributed by atoms with van der Waals surface area (Å²) in [6.07, 6.45) is 9.26. The maximum absolute atomic E-state index is 6.74. The fourth-order valence-corrected chi connectivity index (χ4v) is 8.72. The monoisotopic (exact) mass is 659 g/mol. The van der Waals surface area contributed by atoms with Crippen molar-refractivity contribution in [3.63, 3.8) is 0 Å². The van der Waals surface area contributed by atoms with Crippen molar-refractivity contribution in [2.45, 2.75) is 31.4 Å². The van der Waals surface area contributed by atoms with Gasteiger partial charge in [0.05, 0.1) is 17.1 Å². The Morgan fingerprint density at radius 3 is 1.94 bits per heavy atom. The molecule has 5 atom stereocenters. The molecule has 0 saturated carbocycles. The number of nitrogens with one attached hydrogen (secondary N) is 1. The molecule has 4 nitrogen and oxygen atoms in total. The summed E-state index contributed by atoms with van der Waals surface area (Å²) in [5.74, 6) is 2.30. The van der Waals surface area contributed by atoms with Crippen LogP contribution < -0.4 is 10.1 Å². The third-order valence-electron chi connectivity index (χ3n) is 11.4. The van der Waals surface area contributed by atoms with Crippen LogP contribution in [0.5, 0.6) is 5.75 Å². The number of aromatic nitrogens is 2. The maximum atomic E-state index is 6.74. The highest BCUT2D eigenvalue weighted by Gasteiger charge is 2.47. The lowest BCUT2D eigenvalue weighted by atomic mass is 9.57. The van der Waals surface area contributed by atoms with Crippen LogP contribution in [0.2, 0.25) is 0 Å². The molecule has 0 saturated heterocycles. The van der Waals surface area contributed by atoms with Crippen molar-refractivity contribution in [1.82, 2.24) is 9.97 Å². The van der Waals surface area contributed by atoms with Crippen LogP contribution in [-0.4, -0.2) is 9.97 Å². The predicted octanol–water partition coefficient (Wildman–Crippen LogP) is 11.5. The lowest BCUT2D eigenvalue weighted by Gasteiger charge is -2.46. The number of benzene rings is 6. The van der Waals surface area contributed by atoms with Gasteiger partial charge in [-0.3, -0.25) is 0 Å². The number of hydrogen-bond donors (Lipinski definition) is 1. The third-order valence-corrected chi connectivity index (χ3v) is 11.4. The molecule has 0 fully saturated rings. The van der Waals surface area contributed by atoms with E-state index < -0.39 is 0 Å². The Labute approximate surface area is 298 Å². The van der Waals surface area contributed by atoms with E-state index in [1.54, 1.807) is 0 Å². The molecule has 10 rings (SSSR count). The molecule has 246 valence electrons. The number of ether oxygens (including phenoxy) is 1. The number of allylic oxidation sites excluding steroid dienone is 3. The summed E-state index contributed by atoms with van der Waals surface area (Å²) in [6, 6.07) is 47.2. The van der Waals surface area contributed by atoms with Gasteiger partial charge in [-0.25, -0.2) is 9.97 Å². The summed E-state index contributed by atoms with van der Waals surface area (Å²) >= 11 is 0. The maximum Gasteiger partial charge on any atom is 0.196 e. The van der Waals surface area contributed by atoms with Gasteiger partial charge in [-0.2, -0.15) is 0 Å². The Morgan fingerprint density at radius 1 is 0.647 bits per heavy atom. The summed E-state index contributed by atoms with van der Waals surface area (Å²) in [7, 11) is 0. The quantitative estimate of drug-likeness (QED) is 0.191. The normalized spacial score (nSPS) is 22.9. The molecule has 51 heavy (non-hydrogen) atoms. The van der Waals surface area contributed by atoms with E-state index in [1.807, 2.05) is 6.07 Å². The molecule has 2 aliphatic carbocycles. The fraction of sp³-hybridized carbons (Fsp3) is 0.149. The second-order valence-corrected chi connectivity index (χ2v) is 14.5. The van der Waals surface area contributed by atoms with Crippen LogP contribution in [0, 0.1) is 11.8 Å². The van der Waals surface area contributed by atoms with Crippen molar-refractivity contribution >= 4 is 33.3 Å². The van der Waals surface area contributed by atoms with E-state index in [9.17, 15) is 0 Å². The van der Waals surface area contributed by atoms with Crippen LogP contribution in [0.3, 0.4) is 0 Å². The third kappa shape index (κ3) is 4.89. The number of rotatable bonds is 4. The van der Waals surface area contributed by atoms with Gasteiger partial charge in [0, 0.05) is 33.6 Å². The molecule has 1 N–H and O–H groups in total. The zero-order chi connectivity index (χ0) is 34.1. The van der Waals surface area contributed by atoms with Gasteiger partial charge in [-0.15, -0.1) is 0 Å². The first-order valence-electron chi connectivity index (χ1n) is 17.9. The van der Waals surface area contributed by atoms with Gasteiger partial charge in [-0.1, -0.05) is 147 Å². The van der Waals surface area contributed by atoms with E-state index in [4.69, 9.17) is 14.7 Å². The lowest BCUT2D eigenvalue weighted by Crippen LogP contribution is -2.41. The first-order chi connectivity index (χ1) is 25.0. The van der Waals surface area contributed by atoms with E-state index >= 15 is 0 Å². The highest BCUT2D eigenvalue weighted by Crippen LogP contribution is 2.57. The number of hydrogen-bond acceptors (Lipinski definition) is 4.